The van der Waals surface area contributed by atoms with Crippen LogP contribution in [-0.2, 0) is 0 Å². The van der Waals surface area contributed by atoms with Gasteiger partial charge in [0, 0.05) is 22.9 Å². The van der Waals surface area contributed by atoms with Gasteiger partial charge in [-0.05, 0) is 42.2 Å². The lowest BCUT2D eigenvalue weighted by molar-refractivity contribution is 0.104. The van der Waals surface area contributed by atoms with Crippen molar-refractivity contribution in [3.8, 4) is 0 Å². The van der Waals surface area contributed by atoms with Crippen LogP contribution in [0.4, 0.5) is 0 Å². The van der Waals surface area contributed by atoms with Crippen LogP contribution in [0.3, 0.4) is 0 Å². The van der Waals surface area contributed by atoms with E-state index in [1.165, 1.54) is 4.90 Å². The van der Waals surface area contributed by atoms with Crippen LogP contribution in [0.2, 0.25) is 0 Å². The molecule has 0 aliphatic heterocycles. The molecule has 0 spiro atoms. The van der Waals surface area contributed by atoms with Crippen molar-refractivity contribution in [1.29, 1.82) is 0 Å². The maximum Gasteiger partial charge on any atom is 0.185 e. The molecular formula is C15H13NOS. The number of aromatic nitrogens is 1. The lowest BCUT2D eigenvalue weighted by Crippen LogP contribution is -1.93. The predicted octanol–water partition coefficient (Wildman–Crippen LogP) is 3.70. The van der Waals surface area contributed by atoms with Gasteiger partial charge in [-0.2, -0.15) is 0 Å². The van der Waals surface area contributed by atoms with E-state index >= 15 is 0 Å². The second kappa shape index (κ2) is 6.17. The van der Waals surface area contributed by atoms with Gasteiger partial charge in [0.2, 0.25) is 0 Å². The summed E-state index contributed by atoms with van der Waals surface area (Å²) in [6.07, 6.45) is 8.69. The molecule has 2 nitrogen and oxygen atoms in total. The molecule has 0 amide bonds. The van der Waals surface area contributed by atoms with Crippen molar-refractivity contribution in [2.45, 2.75) is 4.90 Å². The molecule has 2 rings (SSSR count). The van der Waals surface area contributed by atoms with Crippen molar-refractivity contribution in [2.75, 3.05) is 6.26 Å². The number of carbonyl (C=O) groups is 1. The van der Waals surface area contributed by atoms with Crippen LogP contribution in [0.1, 0.15) is 15.9 Å². The summed E-state index contributed by atoms with van der Waals surface area (Å²) in [6, 6.07) is 11.5. The highest BCUT2D eigenvalue weighted by molar-refractivity contribution is 7.98. The summed E-state index contributed by atoms with van der Waals surface area (Å²) in [5, 5.41) is 0. The normalized spacial score (nSPS) is 10.7. The Labute approximate surface area is 111 Å². The Morgan fingerprint density at radius 1 is 1.11 bits per heavy atom. The number of ketones is 1. The average molecular weight is 255 g/mol. The van der Waals surface area contributed by atoms with E-state index < -0.39 is 0 Å². The molecular weight excluding hydrogens is 242 g/mol. The van der Waals surface area contributed by atoms with E-state index in [2.05, 4.69) is 4.98 Å². The zero-order valence-corrected chi connectivity index (χ0v) is 10.9. The Balaban J connectivity index is 2.08. The second-order valence-electron chi connectivity index (χ2n) is 3.71. The lowest BCUT2D eigenvalue weighted by Gasteiger charge is -1.97. The van der Waals surface area contributed by atoms with E-state index in [-0.39, 0.29) is 5.78 Å². The number of carbonyl (C=O) groups excluding carboxylic acids is 1. The monoisotopic (exact) mass is 255 g/mol. The molecule has 1 aromatic carbocycles. The summed E-state index contributed by atoms with van der Waals surface area (Å²) >= 11 is 1.70. The Hall–Kier alpha value is -1.87. The fourth-order valence-corrected chi connectivity index (χ4v) is 1.91. The second-order valence-corrected chi connectivity index (χ2v) is 4.59. The Morgan fingerprint density at radius 3 is 2.39 bits per heavy atom. The first-order valence-electron chi connectivity index (χ1n) is 5.56. The van der Waals surface area contributed by atoms with Crippen molar-refractivity contribution >= 4 is 23.6 Å². The molecule has 0 bridgehead atoms. The van der Waals surface area contributed by atoms with Gasteiger partial charge in [-0.25, -0.2) is 0 Å². The third-order valence-electron chi connectivity index (χ3n) is 2.51. The predicted molar refractivity (Wildman–Crippen MR) is 75.8 cm³/mol. The summed E-state index contributed by atoms with van der Waals surface area (Å²) in [5.41, 5.74) is 1.68. The number of thioether (sulfide) groups is 1. The van der Waals surface area contributed by atoms with Crippen LogP contribution >= 0.6 is 11.8 Å². The Kier molecular flexibility index (Phi) is 4.31. The van der Waals surface area contributed by atoms with E-state index in [0.29, 0.717) is 5.56 Å². The number of hydrogen-bond acceptors (Lipinski definition) is 3. The molecule has 0 N–H and O–H groups in total. The van der Waals surface area contributed by atoms with Gasteiger partial charge < -0.3 is 0 Å². The van der Waals surface area contributed by atoms with Gasteiger partial charge in [-0.1, -0.05) is 18.2 Å². The molecule has 0 unspecified atom stereocenters. The third kappa shape index (κ3) is 3.31. The topological polar surface area (TPSA) is 30.0 Å². The Bertz CT molecular complexity index is 546. The molecule has 0 saturated carbocycles. The smallest absolute Gasteiger partial charge is 0.185 e. The number of benzene rings is 1. The van der Waals surface area contributed by atoms with Gasteiger partial charge in [-0.3, -0.25) is 9.78 Å². The van der Waals surface area contributed by atoms with E-state index in [1.807, 2.05) is 36.6 Å². The van der Waals surface area contributed by atoms with E-state index in [9.17, 15) is 4.79 Å². The minimum absolute atomic E-state index is 0.00802. The van der Waals surface area contributed by atoms with E-state index in [1.54, 1.807) is 42.4 Å². The van der Waals surface area contributed by atoms with E-state index in [4.69, 9.17) is 0 Å². The zero-order valence-electron chi connectivity index (χ0n) is 10.0. The summed E-state index contributed by atoms with van der Waals surface area (Å²) in [5.74, 6) is -0.00802. The van der Waals surface area contributed by atoms with Crippen LogP contribution in [0, 0.1) is 0 Å². The fourth-order valence-electron chi connectivity index (χ4n) is 1.50. The quantitative estimate of drug-likeness (QED) is 0.474. The van der Waals surface area contributed by atoms with Crippen molar-refractivity contribution in [3.63, 3.8) is 0 Å². The van der Waals surface area contributed by atoms with Crippen LogP contribution in [0.25, 0.3) is 6.08 Å². The van der Waals surface area contributed by atoms with Gasteiger partial charge in [0.1, 0.15) is 0 Å². The first-order chi connectivity index (χ1) is 8.79. The molecule has 0 fully saturated rings. The van der Waals surface area contributed by atoms with Crippen LogP contribution in [0.5, 0.6) is 0 Å². The Morgan fingerprint density at radius 2 is 1.78 bits per heavy atom. The maximum absolute atomic E-state index is 11.8. The first kappa shape index (κ1) is 12.6. The molecule has 1 aromatic heterocycles. The van der Waals surface area contributed by atoms with Gasteiger partial charge in [0.05, 0.1) is 0 Å². The highest BCUT2D eigenvalue weighted by Crippen LogP contribution is 2.15. The van der Waals surface area contributed by atoms with Crippen molar-refractivity contribution in [1.82, 2.24) is 4.98 Å². The number of rotatable bonds is 4. The highest BCUT2D eigenvalue weighted by atomic mass is 32.2. The first-order valence-corrected chi connectivity index (χ1v) is 6.78. The third-order valence-corrected chi connectivity index (χ3v) is 3.25. The van der Waals surface area contributed by atoms with Crippen LogP contribution in [0.15, 0.2) is 59.8 Å². The molecule has 0 atom stereocenters. The number of hydrogen-bond donors (Lipinski definition) is 0. The highest BCUT2D eigenvalue weighted by Gasteiger charge is 1.99. The number of nitrogens with zero attached hydrogens (tertiary/aromatic N) is 1. The van der Waals surface area contributed by atoms with Crippen LogP contribution in [-0.4, -0.2) is 17.0 Å². The van der Waals surface area contributed by atoms with Crippen LogP contribution < -0.4 is 0 Å². The van der Waals surface area contributed by atoms with Gasteiger partial charge >= 0.3 is 0 Å². The van der Waals surface area contributed by atoms with Gasteiger partial charge in [0.15, 0.2) is 5.78 Å². The molecule has 90 valence electrons. The summed E-state index contributed by atoms with van der Waals surface area (Å²) in [7, 11) is 0. The number of pyridine rings is 1. The summed E-state index contributed by atoms with van der Waals surface area (Å²) in [4.78, 5) is 16.9. The van der Waals surface area contributed by atoms with E-state index in [0.717, 1.165) is 5.56 Å². The molecule has 0 saturated heterocycles. The fraction of sp³-hybridized carbons (Fsp3) is 0.0667. The molecule has 2 aromatic rings. The minimum atomic E-state index is -0.00802. The van der Waals surface area contributed by atoms with Crippen molar-refractivity contribution < 1.29 is 4.79 Å². The molecule has 0 aliphatic carbocycles. The van der Waals surface area contributed by atoms with Crippen molar-refractivity contribution in [3.05, 3.63) is 66.0 Å². The van der Waals surface area contributed by atoms with Gasteiger partial charge in [0.25, 0.3) is 0 Å². The average Bonchev–Trinajstić information content (AvgIpc) is 2.46. The SMILES string of the molecule is CSc1ccc(/C=C/C(=O)c2ccncc2)cc1. The van der Waals surface area contributed by atoms with Crippen molar-refractivity contribution in [2.24, 2.45) is 0 Å². The molecule has 18 heavy (non-hydrogen) atoms. The van der Waals surface area contributed by atoms with Gasteiger partial charge in [-0.15, -0.1) is 11.8 Å². The minimum Gasteiger partial charge on any atom is -0.289 e. The summed E-state index contributed by atoms with van der Waals surface area (Å²) < 4.78 is 0. The standard InChI is InChI=1S/C15H13NOS/c1-18-14-5-2-12(3-6-14)4-7-15(17)13-8-10-16-11-9-13/h2-11H,1H3/b7-4+. The largest absolute Gasteiger partial charge is 0.289 e. The molecule has 3 heteroatoms. The zero-order chi connectivity index (χ0) is 12.8. The molecule has 0 radical (unpaired) electrons. The summed E-state index contributed by atoms with van der Waals surface area (Å²) in [6.45, 7) is 0. The lowest BCUT2D eigenvalue weighted by atomic mass is 10.1. The maximum atomic E-state index is 11.8. The number of allylic oxidation sites excluding steroid dienone is 1. The molecule has 1 heterocycles. The molecule has 0 aliphatic rings.